The summed E-state index contributed by atoms with van der Waals surface area (Å²) in [7, 11) is 0. The number of hydrogen-bond donors (Lipinski definition) is 0. The lowest BCUT2D eigenvalue weighted by Gasteiger charge is -2.36. The third kappa shape index (κ3) is 0.980. The van der Waals surface area contributed by atoms with Gasteiger partial charge < -0.3 is 0 Å². The molecule has 74 valence electrons. The molecule has 3 saturated carbocycles. The van der Waals surface area contributed by atoms with E-state index in [1.165, 1.54) is 24.2 Å². The van der Waals surface area contributed by atoms with E-state index >= 15 is 0 Å². The Morgan fingerprint density at radius 3 is 3.00 bits per heavy atom. The zero-order valence-electron chi connectivity index (χ0n) is 8.89. The molecule has 0 saturated heterocycles. The van der Waals surface area contributed by atoms with E-state index in [2.05, 4.69) is 6.92 Å². The molecule has 4 unspecified atom stereocenters. The highest BCUT2D eigenvalue weighted by Crippen LogP contribution is 2.67. The first-order valence-electron chi connectivity index (χ1n) is 6.36. The molecule has 2 bridgehead atoms. The summed E-state index contributed by atoms with van der Waals surface area (Å²) in [6.45, 7) is 2.38. The largest absolute Gasteiger partial charge is 0.0654 e. The van der Waals surface area contributed by atoms with Gasteiger partial charge in [-0.15, -0.1) is 0 Å². The van der Waals surface area contributed by atoms with Crippen LogP contribution in [0.4, 0.5) is 0 Å². The molecule has 4 atom stereocenters. The zero-order valence-corrected chi connectivity index (χ0v) is 8.89. The average molecular weight is 178 g/mol. The first-order chi connectivity index (χ1) is 6.36. The lowest BCUT2D eigenvalue weighted by atomic mass is 9.69. The Balaban J connectivity index is 1.87. The van der Waals surface area contributed by atoms with Crippen LogP contribution in [0.25, 0.3) is 0 Å². The maximum absolute atomic E-state index is 2.38. The Bertz CT molecular complexity index is 208. The minimum absolute atomic E-state index is 0.862. The van der Waals surface area contributed by atoms with Crippen LogP contribution in [0.1, 0.15) is 58.3 Å². The first kappa shape index (κ1) is 8.32. The van der Waals surface area contributed by atoms with Gasteiger partial charge in [0.1, 0.15) is 0 Å². The number of hydrogen-bond acceptors (Lipinski definition) is 0. The van der Waals surface area contributed by atoms with Crippen molar-refractivity contribution in [1.82, 2.24) is 0 Å². The highest BCUT2D eigenvalue weighted by Gasteiger charge is 2.57. The van der Waals surface area contributed by atoms with Crippen molar-refractivity contribution < 1.29 is 0 Å². The van der Waals surface area contributed by atoms with Crippen LogP contribution < -0.4 is 0 Å². The smallest absolute Gasteiger partial charge is 0.0264 e. The summed E-state index contributed by atoms with van der Waals surface area (Å²) in [4.78, 5) is 0. The van der Waals surface area contributed by atoms with Crippen LogP contribution >= 0.6 is 0 Å². The Morgan fingerprint density at radius 1 is 1.23 bits per heavy atom. The van der Waals surface area contributed by atoms with E-state index < -0.39 is 0 Å². The second-order valence-corrected chi connectivity index (χ2v) is 5.82. The van der Waals surface area contributed by atoms with Crippen LogP contribution in [0.15, 0.2) is 0 Å². The molecular weight excluding hydrogens is 156 g/mol. The standard InChI is InChI=1S/C13H22/c1-2-7-13-8-6-10(9-13)11-4-3-5-12(11)13/h10-12H,2-9H2,1H3. The lowest BCUT2D eigenvalue weighted by Crippen LogP contribution is -2.27. The maximum Gasteiger partial charge on any atom is -0.0264 e. The van der Waals surface area contributed by atoms with Crippen LogP contribution in [0, 0.1) is 23.2 Å². The van der Waals surface area contributed by atoms with E-state index in [1.54, 1.807) is 44.9 Å². The molecule has 0 heterocycles. The minimum Gasteiger partial charge on any atom is -0.0654 e. The Hall–Kier alpha value is 0. The molecule has 3 fully saturated rings. The van der Waals surface area contributed by atoms with Gasteiger partial charge in [0.25, 0.3) is 0 Å². The molecule has 13 heavy (non-hydrogen) atoms. The Labute approximate surface area is 82.1 Å². The van der Waals surface area contributed by atoms with Crippen molar-refractivity contribution in [3.8, 4) is 0 Å². The van der Waals surface area contributed by atoms with Crippen molar-refractivity contribution in [1.29, 1.82) is 0 Å². The van der Waals surface area contributed by atoms with E-state index in [9.17, 15) is 0 Å². The summed E-state index contributed by atoms with van der Waals surface area (Å²) in [5.41, 5.74) is 0.862. The monoisotopic (exact) mass is 178 g/mol. The lowest BCUT2D eigenvalue weighted by molar-refractivity contribution is 0.139. The number of fused-ring (bicyclic) bond motifs is 5. The maximum atomic E-state index is 2.38. The summed E-state index contributed by atoms with van der Waals surface area (Å²) in [5, 5.41) is 0. The van der Waals surface area contributed by atoms with Crippen molar-refractivity contribution in [3.63, 3.8) is 0 Å². The molecule has 0 nitrogen and oxygen atoms in total. The van der Waals surface area contributed by atoms with Gasteiger partial charge in [-0.2, -0.15) is 0 Å². The molecule has 0 aliphatic heterocycles. The van der Waals surface area contributed by atoms with Gasteiger partial charge in [0.2, 0.25) is 0 Å². The van der Waals surface area contributed by atoms with E-state index in [4.69, 9.17) is 0 Å². The third-order valence-electron chi connectivity index (χ3n) is 5.39. The van der Waals surface area contributed by atoms with Gasteiger partial charge in [-0.1, -0.05) is 19.8 Å². The van der Waals surface area contributed by atoms with Gasteiger partial charge in [0.15, 0.2) is 0 Å². The van der Waals surface area contributed by atoms with Crippen molar-refractivity contribution in [3.05, 3.63) is 0 Å². The van der Waals surface area contributed by atoms with E-state index in [0.29, 0.717) is 0 Å². The molecule has 0 spiro atoms. The summed E-state index contributed by atoms with van der Waals surface area (Å²) in [6, 6.07) is 0. The summed E-state index contributed by atoms with van der Waals surface area (Å²) in [5.74, 6) is 3.52. The van der Waals surface area contributed by atoms with Crippen molar-refractivity contribution >= 4 is 0 Å². The molecule has 0 aromatic heterocycles. The molecule has 0 aromatic rings. The van der Waals surface area contributed by atoms with E-state index in [0.717, 1.165) is 5.41 Å². The van der Waals surface area contributed by atoms with Crippen LogP contribution in [0.2, 0.25) is 0 Å². The van der Waals surface area contributed by atoms with Gasteiger partial charge in [-0.05, 0) is 61.7 Å². The molecule has 3 aliphatic carbocycles. The fraction of sp³-hybridized carbons (Fsp3) is 1.00. The predicted molar refractivity (Wildman–Crippen MR) is 55.5 cm³/mol. The zero-order chi connectivity index (χ0) is 8.89. The summed E-state index contributed by atoms with van der Waals surface area (Å²) in [6.07, 6.45) is 12.5. The quantitative estimate of drug-likeness (QED) is 0.599. The molecule has 0 radical (unpaired) electrons. The van der Waals surface area contributed by atoms with Gasteiger partial charge in [0, 0.05) is 0 Å². The molecule has 3 aliphatic rings. The molecule has 3 rings (SSSR count). The van der Waals surface area contributed by atoms with Crippen LogP contribution in [-0.4, -0.2) is 0 Å². The second kappa shape index (κ2) is 2.74. The van der Waals surface area contributed by atoms with Crippen molar-refractivity contribution in [2.75, 3.05) is 0 Å². The fourth-order valence-corrected chi connectivity index (χ4v) is 5.12. The normalized spacial score (nSPS) is 52.8. The van der Waals surface area contributed by atoms with Gasteiger partial charge in [-0.3, -0.25) is 0 Å². The average Bonchev–Trinajstić information content (AvgIpc) is 2.73. The van der Waals surface area contributed by atoms with Crippen molar-refractivity contribution in [2.45, 2.75) is 58.3 Å². The highest BCUT2D eigenvalue weighted by molar-refractivity contribution is 5.07. The highest BCUT2D eigenvalue weighted by atomic mass is 14.6. The van der Waals surface area contributed by atoms with Gasteiger partial charge in [0.05, 0.1) is 0 Å². The molecule has 0 aromatic carbocycles. The minimum atomic E-state index is 0.862. The van der Waals surface area contributed by atoms with E-state index in [1.807, 2.05) is 0 Å². The molecule has 0 N–H and O–H groups in total. The van der Waals surface area contributed by atoms with Crippen LogP contribution in [-0.2, 0) is 0 Å². The summed E-state index contributed by atoms with van der Waals surface area (Å²) < 4.78 is 0. The van der Waals surface area contributed by atoms with E-state index in [-0.39, 0.29) is 0 Å². The Morgan fingerprint density at radius 2 is 2.15 bits per heavy atom. The second-order valence-electron chi connectivity index (χ2n) is 5.82. The van der Waals surface area contributed by atoms with Gasteiger partial charge in [-0.25, -0.2) is 0 Å². The Kier molecular flexibility index (Phi) is 1.76. The molecular formula is C13H22. The number of rotatable bonds is 2. The van der Waals surface area contributed by atoms with Crippen LogP contribution in [0.3, 0.4) is 0 Å². The molecule has 0 amide bonds. The first-order valence-corrected chi connectivity index (χ1v) is 6.36. The molecule has 0 heteroatoms. The van der Waals surface area contributed by atoms with Crippen LogP contribution in [0.5, 0.6) is 0 Å². The SMILES string of the molecule is CCCC12CCC(C1)C1CCCC12. The summed E-state index contributed by atoms with van der Waals surface area (Å²) >= 11 is 0. The predicted octanol–water partition coefficient (Wildman–Crippen LogP) is 4.00. The van der Waals surface area contributed by atoms with Gasteiger partial charge >= 0.3 is 0 Å². The third-order valence-corrected chi connectivity index (χ3v) is 5.39. The topological polar surface area (TPSA) is 0 Å². The van der Waals surface area contributed by atoms with Crippen molar-refractivity contribution in [2.24, 2.45) is 23.2 Å². The fourth-order valence-electron chi connectivity index (χ4n) is 5.12.